The van der Waals surface area contributed by atoms with E-state index in [1.165, 1.54) is 16.6 Å². The summed E-state index contributed by atoms with van der Waals surface area (Å²) in [5.41, 5.74) is 4.41. The molecule has 1 atom stereocenters. The molecule has 4 heteroatoms. The second-order valence-electron chi connectivity index (χ2n) is 7.64. The van der Waals surface area contributed by atoms with Crippen LogP contribution in [-0.4, -0.2) is 15.3 Å². The van der Waals surface area contributed by atoms with Crippen molar-refractivity contribution in [3.8, 4) is 0 Å². The summed E-state index contributed by atoms with van der Waals surface area (Å²) >= 11 is 0. The summed E-state index contributed by atoms with van der Waals surface area (Å²) in [6, 6.07) is 10.5. The van der Waals surface area contributed by atoms with Gasteiger partial charge in [-0.05, 0) is 31.0 Å². The van der Waals surface area contributed by atoms with Crippen LogP contribution in [0.2, 0.25) is 0 Å². The number of benzene rings is 1. The summed E-state index contributed by atoms with van der Waals surface area (Å²) in [4.78, 5) is 18.0. The normalized spacial score (nSPS) is 18.4. The van der Waals surface area contributed by atoms with Crippen molar-refractivity contribution in [3.05, 3.63) is 60.3 Å². The molecule has 1 aliphatic heterocycles. The lowest BCUT2D eigenvalue weighted by molar-refractivity contribution is -0.551. The van der Waals surface area contributed by atoms with Gasteiger partial charge < -0.3 is 4.57 Å². The summed E-state index contributed by atoms with van der Waals surface area (Å²) in [6.07, 6.45) is 11.1. The number of ketones is 1. The number of para-hydroxylation sites is 1. The summed E-state index contributed by atoms with van der Waals surface area (Å²) in [7, 11) is 0. The molecule has 0 bridgehead atoms. The smallest absolute Gasteiger partial charge is 0.226 e. The molecule has 0 fully saturated rings. The first-order valence-electron chi connectivity index (χ1n) is 9.99. The number of imidazole rings is 1. The topological polar surface area (TPSA) is 38.8 Å². The van der Waals surface area contributed by atoms with Crippen molar-refractivity contribution in [2.75, 3.05) is 0 Å². The minimum absolute atomic E-state index is 0.0310. The molecule has 27 heavy (non-hydrogen) atoms. The maximum atomic E-state index is 13.5. The average molecular weight is 358 g/mol. The number of Topliss-reactive ketones (excluding diaryl/α,β-unsaturated/α-hetero) is 1. The van der Waals surface area contributed by atoms with Gasteiger partial charge in [0, 0.05) is 49.2 Å². The fourth-order valence-electron chi connectivity index (χ4n) is 4.62. The zero-order valence-corrected chi connectivity index (χ0v) is 15.7. The quantitative estimate of drug-likeness (QED) is 0.646. The van der Waals surface area contributed by atoms with E-state index in [9.17, 15) is 4.79 Å². The molecule has 1 aromatic carbocycles. The fraction of sp³-hybridized carbons (Fsp3) is 0.348. The third kappa shape index (κ3) is 2.54. The van der Waals surface area contributed by atoms with Crippen molar-refractivity contribution >= 4 is 28.0 Å². The van der Waals surface area contributed by atoms with E-state index >= 15 is 0 Å². The number of aromatic nitrogens is 3. The van der Waals surface area contributed by atoms with Crippen LogP contribution in [0.25, 0.3) is 22.2 Å². The van der Waals surface area contributed by atoms with E-state index in [0.717, 1.165) is 55.6 Å². The third-order valence-corrected chi connectivity index (χ3v) is 5.99. The van der Waals surface area contributed by atoms with Crippen LogP contribution in [0, 0.1) is 5.92 Å². The highest BCUT2D eigenvalue weighted by Crippen LogP contribution is 2.40. The van der Waals surface area contributed by atoms with E-state index in [1.54, 1.807) is 0 Å². The summed E-state index contributed by atoms with van der Waals surface area (Å²) in [5.74, 6) is 1.43. The molecule has 5 rings (SSSR count). The highest BCUT2D eigenvalue weighted by Gasteiger charge is 2.42. The van der Waals surface area contributed by atoms with Crippen molar-refractivity contribution in [2.45, 2.75) is 45.6 Å². The van der Waals surface area contributed by atoms with Gasteiger partial charge in [0.2, 0.25) is 5.52 Å². The van der Waals surface area contributed by atoms with Crippen LogP contribution in [-0.2, 0) is 17.8 Å². The van der Waals surface area contributed by atoms with Crippen molar-refractivity contribution in [1.82, 2.24) is 9.55 Å². The standard InChI is InChI=1S/C23H24N3O/c1-2-3-9-20-24-12-14-25(20)15-17-10-11-19-21(23(17)27)18-8-4-6-16-7-5-13-26(19)22(16)18/h4-8,12-14,17H,2-3,9-11,15H2,1H3/q+1/t17-/m1/s1. The molecule has 0 N–H and O–H groups in total. The number of carbonyl (C=O) groups is 1. The largest absolute Gasteiger partial charge is 0.334 e. The number of pyridine rings is 1. The molecule has 0 amide bonds. The SMILES string of the molecule is CCCCc1nccn1C[C@H]1CCC2=C(C1=O)c1cccc3ccc[n+]2c13. The van der Waals surface area contributed by atoms with Gasteiger partial charge in [-0.1, -0.05) is 19.4 Å². The molecule has 0 unspecified atom stereocenters. The molecule has 3 aromatic rings. The van der Waals surface area contributed by atoms with Crippen molar-refractivity contribution in [3.63, 3.8) is 0 Å². The molecule has 0 spiro atoms. The number of nitrogens with zero attached hydrogens (tertiary/aromatic N) is 3. The number of hydrogen-bond donors (Lipinski definition) is 0. The summed E-state index contributed by atoms with van der Waals surface area (Å²) in [5, 5.41) is 1.20. The van der Waals surface area contributed by atoms with Gasteiger partial charge in [-0.25, -0.2) is 4.98 Å². The monoisotopic (exact) mass is 358 g/mol. The second kappa shape index (κ2) is 6.45. The third-order valence-electron chi connectivity index (χ3n) is 5.99. The lowest BCUT2D eigenvalue weighted by Crippen LogP contribution is -2.34. The Hall–Kier alpha value is -2.75. The highest BCUT2D eigenvalue weighted by molar-refractivity contribution is 6.30. The van der Waals surface area contributed by atoms with Gasteiger partial charge in [-0.3, -0.25) is 4.79 Å². The Morgan fingerprint density at radius 3 is 3.04 bits per heavy atom. The van der Waals surface area contributed by atoms with E-state index in [2.05, 4.69) is 57.6 Å². The van der Waals surface area contributed by atoms with Gasteiger partial charge in [0.25, 0.3) is 0 Å². The molecule has 0 saturated heterocycles. The van der Waals surface area contributed by atoms with Crippen molar-refractivity contribution in [1.29, 1.82) is 0 Å². The Labute approximate surface area is 159 Å². The van der Waals surface area contributed by atoms with E-state index < -0.39 is 0 Å². The summed E-state index contributed by atoms with van der Waals surface area (Å²) < 4.78 is 4.43. The van der Waals surface area contributed by atoms with E-state index in [0.29, 0.717) is 5.78 Å². The second-order valence-corrected chi connectivity index (χ2v) is 7.64. The highest BCUT2D eigenvalue weighted by atomic mass is 16.1. The zero-order chi connectivity index (χ0) is 18.4. The Morgan fingerprint density at radius 2 is 2.15 bits per heavy atom. The maximum absolute atomic E-state index is 13.5. The first-order valence-corrected chi connectivity index (χ1v) is 9.99. The van der Waals surface area contributed by atoms with Gasteiger partial charge in [-0.15, -0.1) is 0 Å². The molecule has 1 aliphatic carbocycles. The van der Waals surface area contributed by atoms with E-state index in [4.69, 9.17) is 0 Å². The number of allylic oxidation sites excluding steroid dienone is 2. The van der Waals surface area contributed by atoms with E-state index in [1.807, 2.05) is 12.4 Å². The fourth-order valence-corrected chi connectivity index (χ4v) is 4.62. The zero-order valence-electron chi connectivity index (χ0n) is 15.7. The predicted molar refractivity (Wildman–Crippen MR) is 106 cm³/mol. The Morgan fingerprint density at radius 1 is 1.26 bits per heavy atom. The molecular formula is C23H24N3O+. The number of fused-ring (bicyclic) bond motifs is 2. The Kier molecular flexibility index (Phi) is 3.92. The van der Waals surface area contributed by atoms with Crippen LogP contribution >= 0.6 is 0 Å². The van der Waals surface area contributed by atoms with Crippen LogP contribution in [0.3, 0.4) is 0 Å². The molecule has 4 nitrogen and oxygen atoms in total. The minimum Gasteiger partial charge on any atom is -0.334 e. The van der Waals surface area contributed by atoms with Gasteiger partial charge in [0.15, 0.2) is 17.7 Å². The van der Waals surface area contributed by atoms with Gasteiger partial charge in [0.1, 0.15) is 5.82 Å². The van der Waals surface area contributed by atoms with Crippen LogP contribution in [0.15, 0.2) is 48.9 Å². The number of aryl methyl sites for hydroxylation is 1. The predicted octanol–water partition coefficient (Wildman–Crippen LogP) is 4.03. The first kappa shape index (κ1) is 16.4. The number of rotatable bonds is 5. The van der Waals surface area contributed by atoms with Crippen molar-refractivity contribution < 1.29 is 9.36 Å². The average Bonchev–Trinajstić information content (AvgIpc) is 3.27. The molecule has 3 heterocycles. The number of carbonyl (C=O) groups excluding carboxylic acids is 1. The van der Waals surface area contributed by atoms with Crippen molar-refractivity contribution in [2.24, 2.45) is 5.92 Å². The number of unbranched alkanes of at least 4 members (excludes halogenated alkanes) is 1. The number of hydrogen-bond acceptors (Lipinski definition) is 2. The van der Waals surface area contributed by atoms with Gasteiger partial charge in [-0.2, -0.15) is 4.57 Å². The lowest BCUT2D eigenvalue weighted by Gasteiger charge is -2.21. The molecular weight excluding hydrogens is 334 g/mol. The van der Waals surface area contributed by atoms with Gasteiger partial charge in [0.05, 0.1) is 11.1 Å². The maximum Gasteiger partial charge on any atom is 0.226 e. The molecule has 0 saturated carbocycles. The summed E-state index contributed by atoms with van der Waals surface area (Å²) in [6.45, 7) is 2.94. The first-order chi connectivity index (χ1) is 13.3. The van der Waals surface area contributed by atoms with Crippen LogP contribution in [0.5, 0.6) is 0 Å². The molecule has 136 valence electrons. The lowest BCUT2D eigenvalue weighted by atomic mass is 9.83. The van der Waals surface area contributed by atoms with Crippen LogP contribution in [0.4, 0.5) is 0 Å². The molecule has 2 aromatic heterocycles. The Balaban J connectivity index is 1.48. The van der Waals surface area contributed by atoms with Crippen LogP contribution < -0.4 is 4.57 Å². The van der Waals surface area contributed by atoms with E-state index in [-0.39, 0.29) is 5.92 Å². The molecule has 0 radical (unpaired) electrons. The molecule has 2 aliphatic rings. The van der Waals surface area contributed by atoms with Crippen LogP contribution in [0.1, 0.15) is 44.0 Å². The Bertz CT molecular complexity index is 1070. The van der Waals surface area contributed by atoms with Gasteiger partial charge >= 0.3 is 0 Å². The minimum atomic E-state index is 0.0310.